The predicted molar refractivity (Wildman–Crippen MR) is 65.6 cm³/mol. The summed E-state index contributed by atoms with van der Waals surface area (Å²) in [5.74, 6) is 6.97. The van der Waals surface area contributed by atoms with Gasteiger partial charge in [-0.05, 0) is 18.1 Å². The second-order valence-corrected chi connectivity index (χ2v) is 3.87. The van der Waals surface area contributed by atoms with Crippen molar-refractivity contribution < 1.29 is 0 Å². The van der Waals surface area contributed by atoms with Gasteiger partial charge in [0.1, 0.15) is 11.6 Å². The molecule has 90 valence electrons. The molecule has 1 unspecified atom stereocenters. The molecule has 1 atom stereocenters. The van der Waals surface area contributed by atoms with E-state index >= 15 is 0 Å². The summed E-state index contributed by atoms with van der Waals surface area (Å²) in [6.07, 6.45) is 5.95. The molecule has 2 aromatic rings. The van der Waals surface area contributed by atoms with Gasteiger partial charge in [-0.15, -0.1) is 0 Å². The van der Waals surface area contributed by atoms with E-state index in [1.807, 2.05) is 29.9 Å². The van der Waals surface area contributed by atoms with Crippen LogP contribution < -0.4 is 17.0 Å². The first-order valence-corrected chi connectivity index (χ1v) is 5.35. The van der Waals surface area contributed by atoms with Crippen molar-refractivity contribution >= 4 is 5.82 Å². The third-order valence-corrected chi connectivity index (χ3v) is 2.72. The zero-order chi connectivity index (χ0) is 12.3. The largest absolute Gasteiger partial charge is 0.383 e. The Morgan fingerprint density at radius 3 is 2.82 bits per heavy atom. The van der Waals surface area contributed by atoms with E-state index in [-0.39, 0.29) is 6.04 Å². The van der Waals surface area contributed by atoms with Crippen LogP contribution in [0, 0.1) is 0 Å². The Balaban J connectivity index is 2.22. The van der Waals surface area contributed by atoms with E-state index in [1.165, 1.54) is 0 Å². The Kier molecular flexibility index (Phi) is 3.36. The fourth-order valence-electron chi connectivity index (χ4n) is 1.78. The maximum Gasteiger partial charge on any atom is 0.127 e. The molecule has 0 radical (unpaired) electrons. The summed E-state index contributed by atoms with van der Waals surface area (Å²) in [7, 11) is 1.93. The maximum absolute atomic E-state index is 5.81. The van der Waals surface area contributed by atoms with Crippen LogP contribution in [0.25, 0.3) is 0 Å². The molecule has 0 aromatic carbocycles. The van der Waals surface area contributed by atoms with E-state index in [0.717, 1.165) is 11.4 Å². The average molecular weight is 232 g/mol. The van der Waals surface area contributed by atoms with E-state index in [4.69, 9.17) is 11.6 Å². The highest BCUT2D eigenvalue weighted by molar-refractivity contribution is 5.39. The van der Waals surface area contributed by atoms with Gasteiger partial charge in [0, 0.05) is 25.6 Å². The predicted octanol–water partition coefficient (Wildman–Crippen LogP) is 0.144. The van der Waals surface area contributed by atoms with Gasteiger partial charge in [-0.25, -0.2) is 15.4 Å². The highest BCUT2D eigenvalue weighted by Crippen LogP contribution is 2.18. The molecule has 6 heteroatoms. The molecule has 0 amide bonds. The van der Waals surface area contributed by atoms with Gasteiger partial charge in [0.2, 0.25) is 0 Å². The molecule has 6 nitrogen and oxygen atoms in total. The van der Waals surface area contributed by atoms with Crippen molar-refractivity contribution in [2.24, 2.45) is 12.9 Å². The van der Waals surface area contributed by atoms with Gasteiger partial charge in [-0.1, -0.05) is 6.07 Å². The summed E-state index contributed by atoms with van der Waals surface area (Å²) in [5.41, 5.74) is 9.52. The van der Waals surface area contributed by atoms with Crippen LogP contribution >= 0.6 is 0 Å². The van der Waals surface area contributed by atoms with Gasteiger partial charge >= 0.3 is 0 Å². The Bertz CT molecular complexity index is 492. The van der Waals surface area contributed by atoms with Crippen LogP contribution in [0.15, 0.2) is 30.7 Å². The summed E-state index contributed by atoms with van der Waals surface area (Å²) in [6, 6.07) is 3.72. The fraction of sp³-hybridized carbons (Fsp3) is 0.273. The number of pyridine rings is 1. The second-order valence-electron chi connectivity index (χ2n) is 3.87. The number of hydrogen-bond acceptors (Lipinski definition) is 5. The van der Waals surface area contributed by atoms with Gasteiger partial charge in [-0.2, -0.15) is 0 Å². The number of rotatable bonds is 4. The minimum Gasteiger partial charge on any atom is -0.383 e. The van der Waals surface area contributed by atoms with Crippen molar-refractivity contribution in [1.29, 1.82) is 0 Å². The van der Waals surface area contributed by atoms with E-state index < -0.39 is 0 Å². The van der Waals surface area contributed by atoms with E-state index in [1.54, 1.807) is 12.4 Å². The number of nitrogen functional groups attached to an aromatic ring is 1. The summed E-state index contributed by atoms with van der Waals surface area (Å²) in [4.78, 5) is 8.32. The molecular weight excluding hydrogens is 216 g/mol. The number of aromatic nitrogens is 3. The van der Waals surface area contributed by atoms with Crippen LogP contribution in [0.5, 0.6) is 0 Å². The fourth-order valence-corrected chi connectivity index (χ4v) is 1.78. The molecule has 2 heterocycles. The standard InChI is InChI=1S/C11H16N6/c1-17-6-5-15-11(17)9(16-13)7-8-3-2-4-14-10(8)12/h2-6,9,16H,7,13H2,1H3,(H2,12,14). The van der Waals surface area contributed by atoms with Crippen LogP contribution in [0.1, 0.15) is 17.4 Å². The summed E-state index contributed by atoms with van der Waals surface area (Å²) in [5, 5.41) is 0. The smallest absolute Gasteiger partial charge is 0.127 e. The van der Waals surface area contributed by atoms with Crippen molar-refractivity contribution in [3.8, 4) is 0 Å². The van der Waals surface area contributed by atoms with Gasteiger partial charge in [0.25, 0.3) is 0 Å². The number of nitrogens with zero attached hydrogens (tertiary/aromatic N) is 3. The summed E-state index contributed by atoms with van der Waals surface area (Å²) >= 11 is 0. The van der Waals surface area contributed by atoms with Gasteiger partial charge in [0.05, 0.1) is 6.04 Å². The Morgan fingerprint density at radius 1 is 1.41 bits per heavy atom. The second kappa shape index (κ2) is 4.94. The molecule has 0 fully saturated rings. The number of anilines is 1. The van der Waals surface area contributed by atoms with Crippen LogP contribution in [0.4, 0.5) is 5.82 Å². The van der Waals surface area contributed by atoms with Gasteiger partial charge in [0.15, 0.2) is 0 Å². The third kappa shape index (κ3) is 2.43. The molecule has 0 aliphatic rings. The molecule has 0 bridgehead atoms. The third-order valence-electron chi connectivity index (χ3n) is 2.72. The zero-order valence-electron chi connectivity index (χ0n) is 9.67. The maximum atomic E-state index is 5.81. The van der Waals surface area contributed by atoms with Gasteiger partial charge < -0.3 is 10.3 Å². The molecule has 2 aromatic heterocycles. The first-order valence-electron chi connectivity index (χ1n) is 5.35. The number of nitrogens with one attached hydrogen (secondary N) is 1. The average Bonchev–Trinajstić information content (AvgIpc) is 2.75. The van der Waals surface area contributed by atoms with Crippen molar-refractivity contribution in [2.45, 2.75) is 12.5 Å². The van der Waals surface area contributed by atoms with Crippen molar-refractivity contribution in [3.63, 3.8) is 0 Å². The summed E-state index contributed by atoms with van der Waals surface area (Å²) < 4.78 is 1.93. The molecule has 0 aliphatic heterocycles. The van der Waals surface area contributed by atoms with Crippen LogP contribution in [-0.2, 0) is 13.5 Å². The van der Waals surface area contributed by atoms with Crippen LogP contribution in [-0.4, -0.2) is 14.5 Å². The molecule has 17 heavy (non-hydrogen) atoms. The highest BCUT2D eigenvalue weighted by Gasteiger charge is 2.16. The Labute approximate surface area is 99.6 Å². The lowest BCUT2D eigenvalue weighted by Crippen LogP contribution is -2.31. The monoisotopic (exact) mass is 232 g/mol. The van der Waals surface area contributed by atoms with Crippen LogP contribution in [0.3, 0.4) is 0 Å². The lowest BCUT2D eigenvalue weighted by atomic mass is 10.1. The number of nitrogens with two attached hydrogens (primary N) is 2. The van der Waals surface area contributed by atoms with Crippen molar-refractivity contribution in [3.05, 3.63) is 42.1 Å². The molecule has 0 spiro atoms. The SMILES string of the molecule is Cn1ccnc1C(Cc1cccnc1N)NN. The molecule has 0 saturated heterocycles. The lowest BCUT2D eigenvalue weighted by molar-refractivity contribution is 0.507. The topological polar surface area (TPSA) is 94.8 Å². The quantitative estimate of drug-likeness (QED) is 0.515. The van der Waals surface area contributed by atoms with Crippen LogP contribution in [0.2, 0.25) is 0 Å². The molecule has 0 aliphatic carbocycles. The molecule has 2 rings (SSSR count). The summed E-state index contributed by atoms with van der Waals surface area (Å²) in [6.45, 7) is 0. The number of hydrogen-bond donors (Lipinski definition) is 3. The minimum atomic E-state index is -0.0819. The first-order chi connectivity index (χ1) is 8.22. The van der Waals surface area contributed by atoms with E-state index in [9.17, 15) is 0 Å². The highest BCUT2D eigenvalue weighted by atomic mass is 15.3. The molecule has 5 N–H and O–H groups in total. The number of imidazole rings is 1. The van der Waals surface area contributed by atoms with E-state index in [0.29, 0.717) is 12.2 Å². The minimum absolute atomic E-state index is 0.0819. The lowest BCUT2D eigenvalue weighted by Gasteiger charge is -2.16. The van der Waals surface area contributed by atoms with Crippen molar-refractivity contribution in [1.82, 2.24) is 20.0 Å². The van der Waals surface area contributed by atoms with Gasteiger partial charge in [-0.3, -0.25) is 5.84 Å². The Hall–Kier alpha value is -1.92. The molecule has 0 saturated carbocycles. The number of hydrazine groups is 1. The normalized spacial score (nSPS) is 12.6. The Morgan fingerprint density at radius 2 is 2.24 bits per heavy atom. The zero-order valence-corrected chi connectivity index (χ0v) is 9.67. The number of aryl methyl sites for hydroxylation is 1. The van der Waals surface area contributed by atoms with Crippen molar-refractivity contribution in [2.75, 3.05) is 5.73 Å². The first kappa shape index (κ1) is 11.6. The van der Waals surface area contributed by atoms with E-state index in [2.05, 4.69) is 15.4 Å². The molecular formula is C11H16N6.